The van der Waals surface area contributed by atoms with Crippen LogP contribution in [0.2, 0.25) is 5.02 Å². The van der Waals surface area contributed by atoms with E-state index in [1.807, 2.05) is 50.2 Å². The molecule has 0 spiro atoms. The SMILES string of the molecule is COC(=O)c1ccccc1NC(C)c1cc(C)cc2c(=O)n(C)c(Nc3ccc(Cl)cc3)nc12. The molecule has 1 heterocycles. The zero-order valence-corrected chi connectivity index (χ0v) is 20.1. The number of carbonyl (C=O) groups excluding carboxylic acids is 1. The van der Waals surface area contributed by atoms with Crippen LogP contribution in [0.15, 0.2) is 65.5 Å². The van der Waals surface area contributed by atoms with Crippen molar-refractivity contribution in [3.8, 4) is 0 Å². The highest BCUT2D eigenvalue weighted by atomic mass is 35.5. The largest absolute Gasteiger partial charge is 0.465 e. The predicted octanol–water partition coefficient (Wildman–Crippen LogP) is 5.60. The minimum atomic E-state index is -0.425. The van der Waals surface area contributed by atoms with Crippen molar-refractivity contribution in [2.24, 2.45) is 7.05 Å². The Kier molecular flexibility index (Phi) is 6.56. The molecule has 0 aliphatic carbocycles. The molecule has 174 valence electrons. The van der Waals surface area contributed by atoms with Gasteiger partial charge in [0.1, 0.15) is 0 Å². The molecule has 0 bridgehead atoms. The number of aromatic nitrogens is 2. The van der Waals surface area contributed by atoms with Crippen LogP contribution >= 0.6 is 11.6 Å². The molecule has 0 saturated carbocycles. The Bertz CT molecular complexity index is 1430. The molecule has 0 radical (unpaired) electrons. The maximum atomic E-state index is 13.2. The molecule has 0 amide bonds. The highest BCUT2D eigenvalue weighted by molar-refractivity contribution is 6.30. The number of carbonyl (C=O) groups is 1. The molecule has 0 fully saturated rings. The Morgan fingerprint density at radius 3 is 2.53 bits per heavy atom. The summed E-state index contributed by atoms with van der Waals surface area (Å²) in [6, 6.07) is 17.9. The van der Waals surface area contributed by atoms with E-state index in [4.69, 9.17) is 21.3 Å². The first kappa shape index (κ1) is 23.3. The van der Waals surface area contributed by atoms with Crippen LogP contribution in [0.4, 0.5) is 17.3 Å². The van der Waals surface area contributed by atoms with Gasteiger partial charge in [-0.1, -0.05) is 29.8 Å². The fourth-order valence-electron chi connectivity index (χ4n) is 3.86. The number of methoxy groups -OCH3 is 1. The third-order valence-corrected chi connectivity index (χ3v) is 5.88. The van der Waals surface area contributed by atoms with E-state index >= 15 is 0 Å². The van der Waals surface area contributed by atoms with E-state index in [1.165, 1.54) is 11.7 Å². The quantitative estimate of drug-likeness (QED) is 0.352. The summed E-state index contributed by atoms with van der Waals surface area (Å²) in [5, 5.41) is 7.74. The van der Waals surface area contributed by atoms with E-state index in [9.17, 15) is 9.59 Å². The van der Waals surface area contributed by atoms with Crippen LogP contribution in [0.3, 0.4) is 0 Å². The molecular weight excluding hydrogens is 452 g/mol. The highest BCUT2D eigenvalue weighted by Crippen LogP contribution is 2.29. The zero-order valence-electron chi connectivity index (χ0n) is 19.3. The van der Waals surface area contributed by atoms with Gasteiger partial charge in [0.25, 0.3) is 5.56 Å². The predicted molar refractivity (Wildman–Crippen MR) is 136 cm³/mol. The molecule has 1 atom stereocenters. The monoisotopic (exact) mass is 476 g/mol. The summed E-state index contributed by atoms with van der Waals surface area (Å²) in [5.41, 5.74) is 4.04. The van der Waals surface area contributed by atoms with Gasteiger partial charge in [-0.3, -0.25) is 9.36 Å². The second kappa shape index (κ2) is 9.57. The van der Waals surface area contributed by atoms with Gasteiger partial charge in [-0.05, 0) is 61.9 Å². The average Bonchev–Trinajstić information content (AvgIpc) is 2.83. The van der Waals surface area contributed by atoms with E-state index in [0.717, 1.165) is 16.8 Å². The van der Waals surface area contributed by atoms with Crippen LogP contribution in [-0.2, 0) is 11.8 Å². The smallest absolute Gasteiger partial charge is 0.339 e. The average molecular weight is 477 g/mol. The maximum absolute atomic E-state index is 13.2. The van der Waals surface area contributed by atoms with Crippen LogP contribution < -0.4 is 16.2 Å². The van der Waals surface area contributed by atoms with E-state index in [2.05, 4.69) is 10.6 Å². The minimum absolute atomic E-state index is 0.159. The molecule has 7 nitrogen and oxygen atoms in total. The Morgan fingerprint density at radius 1 is 1.12 bits per heavy atom. The molecule has 0 saturated heterocycles. The van der Waals surface area contributed by atoms with Crippen molar-refractivity contribution in [3.63, 3.8) is 0 Å². The summed E-state index contributed by atoms with van der Waals surface area (Å²) in [5.74, 6) is -0.0158. The van der Waals surface area contributed by atoms with Gasteiger partial charge in [-0.25, -0.2) is 9.78 Å². The van der Waals surface area contributed by atoms with Crippen LogP contribution in [0, 0.1) is 6.92 Å². The summed E-state index contributed by atoms with van der Waals surface area (Å²) in [7, 11) is 3.04. The summed E-state index contributed by atoms with van der Waals surface area (Å²) < 4.78 is 6.40. The summed E-state index contributed by atoms with van der Waals surface area (Å²) in [6.45, 7) is 3.91. The van der Waals surface area contributed by atoms with Crippen molar-refractivity contribution in [1.29, 1.82) is 0 Å². The topological polar surface area (TPSA) is 85.2 Å². The lowest BCUT2D eigenvalue weighted by Gasteiger charge is -2.20. The zero-order chi connectivity index (χ0) is 24.4. The first-order valence-corrected chi connectivity index (χ1v) is 11.1. The molecule has 2 N–H and O–H groups in total. The number of fused-ring (bicyclic) bond motifs is 1. The molecule has 4 rings (SSSR count). The standard InChI is InChI=1S/C26H25ClN4O3/c1-15-13-20(16(2)28-22-8-6-5-7-19(22)25(33)34-4)23-21(14-15)24(32)31(3)26(30-23)29-18-11-9-17(27)10-12-18/h5-14,16,28H,1-4H3,(H,29,30). The number of esters is 1. The minimum Gasteiger partial charge on any atom is -0.465 e. The van der Waals surface area contributed by atoms with Gasteiger partial charge < -0.3 is 15.4 Å². The van der Waals surface area contributed by atoms with Gasteiger partial charge in [0.05, 0.1) is 29.6 Å². The van der Waals surface area contributed by atoms with Crippen LogP contribution in [0.1, 0.15) is 34.5 Å². The molecule has 1 unspecified atom stereocenters. The number of nitrogens with zero attached hydrogens (tertiary/aromatic N) is 2. The van der Waals surface area contributed by atoms with Gasteiger partial charge in [-0.2, -0.15) is 0 Å². The van der Waals surface area contributed by atoms with Crippen molar-refractivity contribution in [1.82, 2.24) is 9.55 Å². The second-order valence-electron chi connectivity index (χ2n) is 8.08. The van der Waals surface area contributed by atoms with E-state index in [0.29, 0.717) is 33.1 Å². The summed E-state index contributed by atoms with van der Waals surface area (Å²) in [6.07, 6.45) is 0. The number of ether oxygens (including phenoxy) is 1. The molecule has 1 aromatic heterocycles. The summed E-state index contributed by atoms with van der Waals surface area (Å²) >= 11 is 5.99. The number of halogens is 1. The number of benzene rings is 3. The lowest BCUT2D eigenvalue weighted by atomic mass is 10.0. The molecule has 0 aliphatic heterocycles. The Hall–Kier alpha value is -3.84. The Labute approximate surface area is 202 Å². The number of hydrogen-bond acceptors (Lipinski definition) is 6. The Morgan fingerprint density at radius 2 is 1.82 bits per heavy atom. The van der Waals surface area contributed by atoms with Gasteiger partial charge in [0.2, 0.25) is 5.95 Å². The van der Waals surface area contributed by atoms with Gasteiger partial charge in [-0.15, -0.1) is 0 Å². The second-order valence-corrected chi connectivity index (χ2v) is 8.52. The van der Waals surface area contributed by atoms with E-state index in [-0.39, 0.29) is 11.6 Å². The highest BCUT2D eigenvalue weighted by Gasteiger charge is 2.19. The summed E-state index contributed by atoms with van der Waals surface area (Å²) in [4.78, 5) is 30.3. The van der Waals surface area contributed by atoms with E-state index in [1.54, 1.807) is 31.3 Å². The molecule has 8 heteroatoms. The number of hydrogen-bond donors (Lipinski definition) is 2. The number of aryl methyl sites for hydroxylation is 1. The lowest BCUT2D eigenvalue weighted by molar-refractivity contribution is 0.0602. The first-order chi connectivity index (χ1) is 16.3. The molecule has 3 aromatic carbocycles. The number of rotatable bonds is 6. The maximum Gasteiger partial charge on any atom is 0.339 e. The molecule has 0 aliphatic rings. The van der Waals surface area contributed by atoms with Gasteiger partial charge in [0, 0.05) is 29.0 Å². The van der Waals surface area contributed by atoms with Gasteiger partial charge >= 0.3 is 5.97 Å². The van der Waals surface area contributed by atoms with Crippen LogP contribution in [0.5, 0.6) is 0 Å². The molecular formula is C26H25ClN4O3. The fourth-order valence-corrected chi connectivity index (χ4v) is 3.99. The number of para-hydroxylation sites is 1. The molecule has 34 heavy (non-hydrogen) atoms. The van der Waals surface area contributed by atoms with Crippen molar-refractivity contribution in [3.05, 3.63) is 92.7 Å². The van der Waals surface area contributed by atoms with Crippen molar-refractivity contribution >= 4 is 45.8 Å². The lowest BCUT2D eigenvalue weighted by Crippen LogP contribution is -2.22. The normalized spacial score (nSPS) is 11.8. The van der Waals surface area contributed by atoms with Crippen molar-refractivity contribution in [2.75, 3.05) is 17.7 Å². The van der Waals surface area contributed by atoms with Crippen molar-refractivity contribution in [2.45, 2.75) is 19.9 Å². The Balaban J connectivity index is 1.80. The van der Waals surface area contributed by atoms with Gasteiger partial charge in [0.15, 0.2) is 0 Å². The third kappa shape index (κ3) is 4.61. The first-order valence-electron chi connectivity index (χ1n) is 10.8. The number of nitrogens with one attached hydrogen (secondary N) is 2. The van der Waals surface area contributed by atoms with Crippen LogP contribution in [-0.4, -0.2) is 22.6 Å². The van der Waals surface area contributed by atoms with E-state index < -0.39 is 5.97 Å². The van der Waals surface area contributed by atoms with Crippen LogP contribution in [0.25, 0.3) is 10.9 Å². The number of anilines is 3. The van der Waals surface area contributed by atoms with Crippen molar-refractivity contribution < 1.29 is 9.53 Å². The third-order valence-electron chi connectivity index (χ3n) is 5.63. The fraction of sp³-hybridized carbons (Fsp3) is 0.192. The molecule has 4 aromatic rings.